The molecule has 1 rings (SSSR count). The van der Waals surface area contributed by atoms with E-state index in [2.05, 4.69) is 11.9 Å². The number of imidazole rings is 1. The molecule has 1 heterocycles. The maximum absolute atomic E-state index is 6.96. The molecule has 3 nitrogen and oxygen atoms in total. The highest BCUT2D eigenvalue weighted by Gasteiger charge is 1.94. The second-order valence-electron chi connectivity index (χ2n) is 2.20. The predicted molar refractivity (Wildman–Crippen MR) is 39.6 cm³/mol. The van der Waals surface area contributed by atoms with E-state index in [1.54, 1.807) is 0 Å². The summed E-state index contributed by atoms with van der Waals surface area (Å²) in [5.41, 5.74) is 7.98. The Morgan fingerprint density at radius 1 is 1.70 bits per heavy atom. The average Bonchev–Trinajstić information content (AvgIpc) is 2.37. The van der Waals surface area contributed by atoms with Crippen molar-refractivity contribution in [2.24, 2.45) is 0 Å². The Bertz CT molecular complexity index is 192. The zero-order valence-electron chi connectivity index (χ0n) is 6.17. The van der Waals surface area contributed by atoms with Crippen LogP contribution in [0, 0.1) is 0 Å². The Balaban J connectivity index is 2.59. The van der Waals surface area contributed by atoms with Crippen LogP contribution in [0.4, 0.5) is 0 Å². The van der Waals surface area contributed by atoms with Gasteiger partial charge in [0.05, 0.1) is 12.0 Å². The molecule has 0 aliphatic carbocycles. The van der Waals surface area contributed by atoms with E-state index in [4.69, 9.17) is 5.73 Å². The van der Waals surface area contributed by atoms with Crippen LogP contribution in [0.25, 0.3) is 0 Å². The Morgan fingerprint density at radius 2 is 2.50 bits per heavy atom. The molecule has 0 aromatic carbocycles. The summed E-state index contributed by atoms with van der Waals surface area (Å²) in [6, 6.07) is 0. The van der Waals surface area contributed by atoms with Crippen LogP contribution in [0.2, 0.25) is 0 Å². The SMILES string of the molecule is CCn1cnc(CC[NH])c1. The Hall–Kier alpha value is -0.830. The number of nitrogens with zero attached hydrogens (tertiary/aromatic N) is 2. The first-order valence-electron chi connectivity index (χ1n) is 3.52. The van der Waals surface area contributed by atoms with Crippen molar-refractivity contribution in [1.29, 1.82) is 0 Å². The molecule has 10 heavy (non-hydrogen) atoms. The van der Waals surface area contributed by atoms with Crippen LogP contribution in [-0.2, 0) is 13.0 Å². The third-order valence-corrected chi connectivity index (χ3v) is 1.43. The molecule has 55 valence electrons. The normalized spacial score (nSPS) is 10.2. The molecule has 1 aromatic heterocycles. The van der Waals surface area contributed by atoms with Gasteiger partial charge in [-0.3, -0.25) is 5.73 Å². The molecule has 0 atom stereocenters. The van der Waals surface area contributed by atoms with Gasteiger partial charge in [0.1, 0.15) is 0 Å². The first-order chi connectivity index (χ1) is 4.86. The van der Waals surface area contributed by atoms with E-state index < -0.39 is 0 Å². The fourth-order valence-corrected chi connectivity index (χ4v) is 0.837. The van der Waals surface area contributed by atoms with Crippen LogP contribution in [0.5, 0.6) is 0 Å². The highest BCUT2D eigenvalue weighted by Crippen LogP contribution is 1.95. The molecular weight excluding hydrogens is 126 g/mol. The molecule has 1 radical (unpaired) electrons. The molecule has 0 unspecified atom stereocenters. The molecule has 0 bridgehead atoms. The zero-order valence-corrected chi connectivity index (χ0v) is 6.17. The summed E-state index contributed by atoms with van der Waals surface area (Å²) in [5, 5.41) is 0. The Kier molecular flexibility index (Phi) is 2.45. The summed E-state index contributed by atoms with van der Waals surface area (Å²) < 4.78 is 2.02. The van der Waals surface area contributed by atoms with E-state index in [-0.39, 0.29) is 0 Å². The third kappa shape index (κ3) is 1.57. The van der Waals surface area contributed by atoms with Crippen LogP contribution < -0.4 is 5.73 Å². The van der Waals surface area contributed by atoms with Gasteiger partial charge in [-0.05, 0) is 6.92 Å². The lowest BCUT2D eigenvalue weighted by Crippen LogP contribution is -1.92. The van der Waals surface area contributed by atoms with Crippen molar-refractivity contribution in [2.75, 3.05) is 6.54 Å². The largest absolute Gasteiger partial charge is 0.337 e. The van der Waals surface area contributed by atoms with Crippen LogP contribution >= 0.6 is 0 Å². The van der Waals surface area contributed by atoms with Gasteiger partial charge in [-0.15, -0.1) is 0 Å². The second kappa shape index (κ2) is 3.37. The second-order valence-corrected chi connectivity index (χ2v) is 2.20. The number of hydrogen-bond acceptors (Lipinski definition) is 1. The van der Waals surface area contributed by atoms with Crippen molar-refractivity contribution < 1.29 is 0 Å². The number of hydrogen-bond donors (Lipinski definition) is 0. The fraction of sp³-hybridized carbons (Fsp3) is 0.571. The number of aromatic nitrogens is 2. The van der Waals surface area contributed by atoms with Crippen molar-refractivity contribution in [2.45, 2.75) is 19.9 Å². The van der Waals surface area contributed by atoms with Gasteiger partial charge in [0.15, 0.2) is 0 Å². The van der Waals surface area contributed by atoms with Crippen LogP contribution in [-0.4, -0.2) is 16.1 Å². The molecular formula is C7H12N3. The molecule has 0 spiro atoms. The van der Waals surface area contributed by atoms with Gasteiger partial charge in [0, 0.05) is 25.7 Å². The average molecular weight is 138 g/mol. The maximum Gasteiger partial charge on any atom is 0.0949 e. The third-order valence-electron chi connectivity index (χ3n) is 1.43. The van der Waals surface area contributed by atoms with Gasteiger partial charge in [-0.2, -0.15) is 0 Å². The maximum atomic E-state index is 6.96. The minimum Gasteiger partial charge on any atom is -0.337 e. The number of aryl methyl sites for hydroxylation is 1. The van der Waals surface area contributed by atoms with Crippen molar-refractivity contribution in [3.63, 3.8) is 0 Å². The van der Waals surface area contributed by atoms with Crippen LogP contribution in [0.1, 0.15) is 12.6 Å². The van der Waals surface area contributed by atoms with Crippen LogP contribution in [0.3, 0.4) is 0 Å². The Labute approximate surface area is 60.9 Å². The minimum absolute atomic E-state index is 0.431. The van der Waals surface area contributed by atoms with Crippen molar-refractivity contribution in [3.05, 3.63) is 18.2 Å². The first-order valence-corrected chi connectivity index (χ1v) is 3.52. The van der Waals surface area contributed by atoms with Crippen molar-refractivity contribution in [1.82, 2.24) is 15.3 Å². The molecule has 0 saturated heterocycles. The van der Waals surface area contributed by atoms with Gasteiger partial charge in [-0.1, -0.05) is 0 Å². The lowest BCUT2D eigenvalue weighted by Gasteiger charge is -1.90. The van der Waals surface area contributed by atoms with E-state index in [0.29, 0.717) is 6.54 Å². The number of rotatable bonds is 3. The molecule has 0 amide bonds. The highest BCUT2D eigenvalue weighted by molar-refractivity contribution is 4.96. The zero-order chi connectivity index (χ0) is 7.40. The molecule has 0 aliphatic rings. The van der Waals surface area contributed by atoms with Gasteiger partial charge in [0.25, 0.3) is 0 Å². The lowest BCUT2D eigenvalue weighted by molar-refractivity contribution is 0.760. The molecule has 0 fully saturated rings. The molecule has 0 aliphatic heterocycles. The summed E-state index contributed by atoms with van der Waals surface area (Å²) in [5.74, 6) is 0. The van der Waals surface area contributed by atoms with E-state index in [0.717, 1.165) is 18.7 Å². The minimum atomic E-state index is 0.431. The smallest absolute Gasteiger partial charge is 0.0949 e. The summed E-state index contributed by atoms with van der Waals surface area (Å²) in [7, 11) is 0. The summed E-state index contributed by atoms with van der Waals surface area (Å²) in [6.45, 7) is 3.47. The highest BCUT2D eigenvalue weighted by atomic mass is 15.0. The predicted octanol–water partition coefficient (Wildman–Crippen LogP) is 0.728. The molecule has 1 aromatic rings. The fourth-order valence-electron chi connectivity index (χ4n) is 0.837. The van der Waals surface area contributed by atoms with Gasteiger partial charge in [-0.25, -0.2) is 4.98 Å². The van der Waals surface area contributed by atoms with E-state index in [1.807, 2.05) is 17.1 Å². The number of nitrogens with one attached hydrogen (secondary N) is 1. The van der Waals surface area contributed by atoms with Crippen molar-refractivity contribution in [3.8, 4) is 0 Å². The monoisotopic (exact) mass is 138 g/mol. The van der Waals surface area contributed by atoms with Gasteiger partial charge in [0.2, 0.25) is 0 Å². The van der Waals surface area contributed by atoms with Gasteiger partial charge < -0.3 is 4.57 Å². The topological polar surface area (TPSA) is 41.6 Å². The summed E-state index contributed by atoms with van der Waals surface area (Å²) >= 11 is 0. The summed E-state index contributed by atoms with van der Waals surface area (Å²) in [4.78, 5) is 4.12. The van der Waals surface area contributed by atoms with E-state index in [9.17, 15) is 0 Å². The van der Waals surface area contributed by atoms with E-state index in [1.165, 1.54) is 0 Å². The van der Waals surface area contributed by atoms with E-state index >= 15 is 0 Å². The molecule has 0 saturated carbocycles. The molecule has 1 N–H and O–H groups in total. The standard InChI is InChI=1S/C7H12N3/c1-2-10-5-7(3-4-8)9-6-10/h5-6,8H,2-4H2,1H3. The lowest BCUT2D eigenvalue weighted by atomic mass is 10.3. The first kappa shape index (κ1) is 7.28. The van der Waals surface area contributed by atoms with Crippen LogP contribution in [0.15, 0.2) is 12.5 Å². The van der Waals surface area contributed by atoms with Crippen molar-refractivity contribution >= 4 is 0 Å². The molecule has 3 heteroatoms. The summed E-state index contributed by atoms with van der Waals surface area (Å²) in [6.07, 6.45) is 4.58. The Morgan fingerprint density at radius 3 is 3.00 bits per heavy atom. The quantitative estimate of drug-likeness (QED) is 0.607. The van der Waals surface area contributed by atoms with Gasteiger partial charge >= 0.3 is 0 Å².